The molecule has 8 rings (SSSR count). The first-order valence-corrected chi connectivity index (χ1v) is 19.1. The number of carbonyl (C=O) groups excluding carboxylic acids is 2. The maximum Gasteiger partial charge on any atom is 0.256 e. The molecule has 0 spiro atoms. The number of aryl methyl sites for hydroxylation is 2. The summed E-state index contributed by atoms with van der Waals surface area (Å²) in [5.41, 5.74) is 12.6. The molecular weight excluding hydrogens is 721 g/mol. The number of amides is 2. The molecule has 0 bridgehead atoms. The SMILES string of the molecule is COc1cc(-c2ccc(NC(=O)c3c(C)c(-c4ccc(C)cc4)nc4ccccc34)c(OC)c2)ccc1NC(=O)c1c(C)c(-c2ccc(C)cc2)nc2ccccc12. The summed E-state index contributed by atoms with van der Waals surface area (Å²) in [6.07, 6.45) is 0. The van der Waals surface area contributed by atoms with Gasteiger partial charge in [0.1, 0.15) is 11.5 Å². The van der Waals surface area contributed by atoms with Crippen LogP contribution in [0.2, 0.25) is 0 Å². The molecule has 58 heavy (non-hydrogen) atoms. The molecule has 0 aliphatic heterocycles. The predicted molar refractivity (Wildman–Crippen MR) is 234 cm³/mol. The average Bonchev–Trinajstić information content (AvgIpc) is 3.24. The first-order chi connectivity index (χ1) is 28.1. The normalized spacial score (nSPS) is 11.1. The Morgan fingerprint density at radius 2 is 0.828 bits per heavy atom. The Bertz CT molecular complexity index is 2690. The molecule has 2 heterocycles. The molecule has 0 aliphatic rings. The van der Waals surface area contributed by atoms with Gasteiger partial charge in [-0.15, -0.1) is 0 Å². The minimum Gasteiger partial charge on any atom is -0.495 e. The lowest BCUT2D eigenvalue weighted by Crippen LogP contribution is -2.16. The number of para-hydroxylation sites is 2. The van der Waals surface area contributed by atoms with E-state index in [2.05, 4.69) is 10.6 Å². The summed E-state index contributed by atoms with van der Waals surface area (Å²) in [5, 5.41) is 7.75. The van der Waals surface area contributed by atoms with E-state index in [1.807, 2.05) is 161 Å². The second-order valence-electron chi connectivity index (χ2n) is 14.4. The second kappa shape index (κ2) is 15.7. The highest BCUT2D eigenvalue weighted by atomic mass is 16.5. The molecule has 6 aromatic carbocycles. The zero-order valence-corrected chi connectivity index (χ0v) is 33.2. The third-order valence-electron chi connectivity index (χ3n) is 10.6. The number of hydrogen-bond donors (Lipinski definition) is 2. The van der Waals surface area contributed by atoms with Crippen LogP contribution in [0.4, 0.5) is 11.4 Å². The Morgan fingerprint density at radius 1 is 0.466 bits per heavy atom. The zero-order chi connectivity index (χ0) is 40.5. The number of hydrogen-bond acceptors (Lipinski definition) is 6. The summed E-state index contributed by atoms with van der Waals surface area (Å²) in [4.78, 5) is 38.2. The van der Waals surface area contributed by atoms with E-state index in [9.17, 15) is 9.59 Å². The highest BCUT2D eigenvalue weighted by molar-refractivity contribution is 6.16. The van der Waals surface area contributed by atoms with Crippen LogP contribution >= 0.6 is 0 Å². The minimum absolute atomic E-state index is 0.263. The Morgan fingerprint density at radius 3 is 1.21 bits per heavy atom. The summed E-state index contributed by atoms with van der Waals surface area (Å²) >= 11 is 0. The van der Waals surface area contributed by atoms with Crippen molar-refractivity contribution >= 4 is 45.0 Å². The quantitative estimate of drug-likeness (QED) is 0.152. The fourth-order valence-corrected chi connectivity index (χ4v) is 7.50. The van der Waals surface area contributed by atoms with Crippen molar-refractivity contribution in [3.8, 4) is 45.1 Å². The summed E-state index contributed by atoms with van der Waals surface area (Å²) in [7, 11) is 3.15. The fraction of sp³-hybridized carbons (Fsp3) is 0.120. The van der Waals surface area contributed by atoms with Gasteiger partial charge in [-0.1, -0.05) is 108 Å². The smallest absolute Gasteiger partial charge is 0.256 e. The van der Waals surface area contributed by atoms with Gasteiger partial charge in [-0.3, -0.25) is 9.59 Å². The highest BCUT2D eigenvalue weighted by Crippen LogP contribution is 2.38. The topological polar surface area (TPSA) is 102 Å². The number of pyridine rings is 2. The van der Waals surface area contributed by atoms with Crippen LogP contribution in [0.1, 0.15) is 43.0 Å². The molecule has 0 aliphatic carbocycles. The molecule has 0 atom stereocenters. The molecule has 0 unspecified atom stereocenters. The van der Waals surface area contributed by atoms with E-state index in [1.54, 1.807) is 14.2 Å². The van der Waals surface area contributed by atoms with Crippen molar-refractivity contribution in [2.75, 3.05) is 24.9 Å². The van der Waals surface area contributed by atoms with Crippen molar-refractivity contribution in [2.45, 2.75) is 27.7 Å². The number of nitrogens with zero attached hydrogens (tertiary/aromatic N) is 2. The van der Waals surface area contributed by atoms with Crippen LogP contribution in [-0.2, 0) is 0 Å². The largest absolute Gasteiger partial charge is 0.495 e. The molecule has 8 nitrogen and oxygen atoms in total. The number of rotatable bonds is 9. The van der Waals surface area contributed by atoms with Gasteiger partial charge in [-0.25, -0.2) is 9.97 Å². The van der Waals surface area contributed by atoms with Gasteiger partial charge >= 0.3 is 0 Å². The molecular formula is C50H42N4O4. The van der Waals surface area contributed by atoms with Crippen molar-refractivity contribution in [1.82, 2.24) is 9.97 Å². The standard InChI is InChI=1S/C50H42N4O4/c1-29-15-19-33(20-16-29)47-31(3)45(37-11-7-9-13-39(37)51-47)49(55)53-41-25-23-35(27-43(41)57-5)36-24-26-42(44(28-36)58-6)54-50(56)46-32(4)48(34-21-17-30(2)18-22-34)52-40-14-10-8-12-38(40)46/h7-28H,1-6H3,(H,53,55)(H,54,56). The average molecular weight is 763 g/mol. The molecule has 2 amide bonds. The van der Waals surface area contributed by atoms with Crippen molar-refractivity contribution in [2.24, 2.45) is 0 Å². The fourth-order valence-electron chi connectivity index (χ4n) is 7.50. The molecule has 0 saturated carbocycles. The van der Waals surface area contributed by atoms with Gasteiger partial charge in [-0.05, 0) is 86.3 Å². The van der Waals surface area contributed by atoms with E-state index in [1.165, 1.54) is 0 Å². The number of carbonyl (C=O) groups is 2. The third-order valence-corrected chi connectivity index (χ3v) is 10.6. The monoisotopic (exact) mass is 762 g/mol. The van der Waals surface area contributed by atoms with Gasteiger partial charge in [0.15, 0.2) is 0 Å². The van der Waals surface area contributed by atoms with Crippen LogP contribution in [0.3, 0.4) is 0 Å². The maximum atomic E-state index is 14.2. The molecule has 2 aromatic heterocycles. The van der Waals surface area contributed by atoms with Crippen LogP contribution in [0.5, 0.6) is 11.5 Å². The molecule has 0 saturated heterocycles. The Hall–Kier alpha value is -7.32. The van der Waals surface area contributed by atoms with Crippen LogP contribution < -0.4 is 20.1 Å². The van der Waals surface area contributed by atoms with Crippen molar-refractivity contribution < 1.29 is 19.1 Å². The summed E-state index contributed by atoms with van der Waals surface area (Å²) in [6.45, 7) is 7.96. The first-order valence-electron chi connectivity index (χ1n) is 19.1. The van der Waals surface area contributed by atoms with Crippen molar-refractivity contribution in [3.05, 3.63) is 167 Å². The first kappa shape index (κ1) is 37.6. The van der Waals surface area contributed by atoms with E-state index in [0.29, 0.717) is 34.0 Å². The van der Waals surface area contributed by atoms with Crippen molar-refractivity contribution in [1.29, 1.82) is 0 Å². The molecule has 8 aromatic rings. The maximum absolute atomic E-state index is 14.2. The van der Waals surface area contributed by atoms with E-state index < -0.39 is 0 Å². The Labute approximate surface area is 337 Å². The number of nitrogens with one attached hydrogen (secondary N) is 2. The Kier molecular flexibility index (Phi) is 10.2. The van der Waals surface area contributed by atoms with Gasteiger partial charge in [-0.2, -0.15) is 0 Å². The third kappa shape index (κ3) is 7.12. The number of methoxy groups -OCH3 is 2. The van der Waals surface area contributed by atoms with Gasteiger partial charge in [0, 0.05) is 21.9 Å². The van der Waals surface area contributed by atoms with E-state index >= 15 is 0 Å². The summed E-state index contributed by atoms with van der Waals surface area (Å²) < 4.78 is 11.6. The molecule has 2 N–H and O–H groups in total. The van der Waals surface area contributed by atoms with E-state index in [0.717, 1.165) is 77.7 Å². The lowest BCUT2D eigenvalue weighted by atomic mass is 9.96. The summed E-state index contributed by atoms with van der Waals surface area (Å²) in [6, 6.07) is 42.9. The number of fused-ring (bicyclic) bond motifs is 2. The number of ether oxygens (including phenoxy) is 2. The summed E-state index contributed by atoms with van der Waals surface area (Å²) in [5.74, 6) is 0.448. The van der Waals surface area contributed by atoms with Crippen molar-refractivity contribution in [3.63, 3.8) is 0 Å². The van der Waals surface area contributed by atoms with Gasteiger partial charge in [0.25, 0.3) is 11.8 Å². The highest BCUT2D eigenvalue weighted by Gasteiger charge is 2.22. The second-order valence-corrected chi connectivity index (χ2v) is 14.4. The molecule has 8 heteroatoms. The zero-order valence-electron chi connectivity index (χ0n) is 33.2. The van der Waals surface area contributed by atoms with Crippen LogP contribution in [-0.4, -0.2) is 36.0 Å². The van der Waals surface area contributed by atoms with Crippen LogP contribution in [0, 0.1) is 27.7 Å². The van der Waals surface area contributed by atoms with Crippen LogP contribution in [0.25, 0.3) is 55.4 Å². The number of aromatic nitrogens is 2. The lowest BCUT2D eigenvalue weighted by molar-refractivity contribution is 0.101. The molecule has 0 fully saturated rings. The van der Waals surface area contributed by atoms with E-state index in [-0.39, 0.29) is 11.8 Å². The van der Waals surface area contributed by atoms with Gasteiger partial charge < -0.3 is 20.1 Å². The lowest BCUT2D eigenvalue weighted by Gasteiger charge is -2.17. The molecule has 286 valence electrons. The van der Waals surface area contributed by atoms with Gasteiger partial charge in [0.05, 0.1) is 59.1 Å². The molecule has 0 radical (unpaired) electrons. The predicted octanol–water partition coefficient (Wildman–Crippen LogP) is 11.5. The Balaban J connectivity index is 1.08. The van der Waals surface area contributed by atoms with Crippen LogP contribution in [0.15, 0.2) is 133 Å². The van der Waals surface area contributed by atoms with Gasteiger partial charge in [0.2, 0.25) is 0 Å². The number of anilines is 2. The minimum atomic E-state index is -0.263. The van der Waals surface area contributed by atoms with E-state index in [4.69, 9.17) is 19.4 Å². The number of benzene rings is 6.